The van der Waals surface area contributed by atoms with Crippen molar-refractivity contribution in [3.63, 3.8) is 0 Å². The van der Waals surface area contributed by atoms with Crippen LogP contribution in [0.4, 0.5) is 4.39 Å². The highest BCUT2D eigenvalue weighted by molar-refractivity contribution is 5.79. The summed E-state index contributed by atoms with van der Waals surface area (Å²) in [6, 6.07) is 6.71. The van der Waals surface area contributed by atoms with Crippen LogP contribution in [0, 0.1) is 11.7 Å². The van der Waals surface area contributed by atoms with Gasteiger partial charge in [0.2, 0.25) is 5.91 Å². The Morgan fingerprint density at radius 3 is 2.48 bits per heavy atom. The van der Waals surface area contributed by atoms with Crippen LogP contribution in [-0.2, 0) is 11.2 Å². The predicted octanol–water partition coefficient (Wildman–Crippen LogP) is 3.03. The zero-order valence-corrected chi connectivity index (χ0v) is 13.3. The highest BCUT2D eigenvalue weighted by Crippen LogP contribution is 2.17. The van der Waals surface area contributed by atoms with Crippen LogP contribution in [0.25, 0.3) is 0 Å². The fourth-order valence-corrected chi connectivity index (χ4v) is 2.36. The number of carbonyl (C=O) groups is 1. The third kappa shape index (κ3) is 4.81. The fraction of sp³-hybridized carbons (Fsp3) is 0.588. The lowest BCUT2D eigenvalue weighted by molar-refractivity contribution is -0.126. The van der Waals surface area contributed by atoms with Crippen molar-refractivity contribution >= 4 is 5.91 Å². The topological polar surface area (TPSA) is 55.1 Å². The van der Waals surface area contributed by atoms with Crippen LogP contribution in [0.15, 0.2) is 24.3 Å². The molecule has 1 rings (SSSR count). The molecule has 0 heterocycles. The Labute approximate surface area is 127 Å². The van der Waals surface area contributed by atoms with Gasteiger partial charge in [-0.25, -0.2) is 4.39 Å². The first-order valence-electron chi connectivity index (χ1n) is 7.73. The lowest BCUT2D eigenvalue weighted by Gasteiger charge is -2.32. The second-order valence-corrected chi connectivity index (χ2v) is 5.71. The molecule has 0 radical (unpaired) electrons. The molecule has 21 heavy (non-hydrogen) atoms. The van der Waals surface area contributed by atoms with E-state index < -0.39 is 0 Å². The first-order valence-corrected chi connectivity index (χ1v) is 7.73. The molecule has 0 aliphatic carbocycles. The van der Waals surface area contributed by atoms with Gasteiger partial charge in [-0.2, -0.15) is 0 Å². The molecule has 0 saturated heterocycles. The Morgan fingerprint density at radius 1 is 1.33 bits per heavy atom. The van der Waals surface area contributed by atoms with E-state index in [9.17, 15) is 9.18 Å². The lowest BCUT2D eigenvalue weighted by Crippen LogP contribution is -2.54. The van der Waals surface area contributed by atoms with Crippen molar-refractivity contribution in [1.82, 2.24) is 5.32 Å². The van der Waals surface area contributed by atoms with E-state index in [4.69, 9.17) is 5.73 Å². The van der Waals surface area contributed by atoms with Gasteiger partial charge in [0.25, 0.3) is 0 Å². The second kappa shape index (κ2) is 8.13. The molecule has 1 unspecified atom stereocenters. The van der Waals surface area contributed by atoms with Crippen molar-refractivity contribution in [2.45, 2.75) is 52.0 Å². The van der Waals surface area contributed by atoms with Gasteiger partial charge in [0.15, 0.2) is 0 Å². The molecule has 0 saturated carbocycles. The number of amides is 1. The molecule has 1 amide bonds. The van der Waals surface area contributed by atoms with E-state index in [1.165, 1.54) is 6.07 Å². The van der Waals surface area contributed by atoms with E-state index in [1.807, 2.05) is 26.8 Å². The van der Waals surface area contributed by atoms with Crippen LogP contribution < -0.4 is 11.1 Å². The highest BCUT2D eigenvalue weighted by Gasteiger charge is 2.28. The van der Waals surface area contributed by atoms with Gasteiger partial charge in [-0.1, -0.05) is 39.0 Å². The summed E-state index contributed by atoms with van der Waals surface area (Å²) in [5.74, 6) is -0.363. The Balaban J connectivity index is 2.57. The quantitative estimate of drug-likeness (QED) is 0.774. The molecule has 1 aromatic rings. The molecule has 0 spiro atoms. The van der Waals surface area contributed by atoms with Crippen molar-refractivity contribution < 1.29 is 9.18 Å². The molecule has 0 aliphatic rings. The Morgan fingerprint density at radius 2 is 1.95 bits per heavy atom. The Kier molecular flexibility index (Phi) is 6.82. The van der Waals surface area contributed by atoms with Crippen molar-refractivity contribution in [2.24, 2.45) is 11.7 Å². The molecule has 0 fully saturated rings. The summed E-state index contributed by atoms with van der Waals surface area (Å²) < 4.78 is 13.6. The minimum atomic E-state index is -0.316. The van der Waals surface area contributed by atoms with Crippen LogP contribution in [0.5, 0.6) is 0 Å². The van der Waals surface area contributed by atoms with Crippen LogP contribution in [0.2, 0.25) is 0 Å². The third-order valence-electron chi connectivity index (χ3n) is 4.38. The van der Waals surface area contributed by atoms with Gasteiger partial charge >= 0.3 is 0 Å². The molecular weight excluding hydrogens is 267 g/mol. The van der Waals surface area contributed by atoms with Crippen molar-refractivity contribution in [3.05, 3.63) is 35.6 Å². The normalized spacial score (nSPS) is 13.0. The number of benzene rings is 1. The van der Waals surface area contributed by atoms with E-state index in [-0.39, 0.29) is 23.2 Å². The maximum absolute atomic E-state index is 13.6. The summed E-state index contributed by atoms with van der Waals surface area (Å²) >= 11 is 0. The van der Waals surface area contributed by atoms with Gasteiger partial charge in [0.05, 0.1) is 5.54 Å². The van der Waals surface area contributed by atoms with Crippen LogP contribution in [0.3, 0.4) is 0 Å². The number of carbonyl (C=O) groups excluding carboxylic acids is 1. The van der Waals surface area contributed by atoms with Gasteiger partial charge in [-0.15, -0.1) is 0 Å². The van der Waals surface area contributed by atoms with Gasteiger partial charge in [0.1, 0.15) is 5.82 Å². The zero-order chi connectivity index (χ0) is 15.9. The fourth-order valence-electron chi connectivity index (χ4n) is 2.36. The number of halogens is 1. The molecule has 1 atom stereocenters. The minimum Gasteiger partial charge on any atom is -0.349 e. The van der Waals surface area contributed by atoms with E-state index in [2.05, 4.69) is 5.32 Å². The lowest BCUT2D eigenvalue weighted by atomic mass is 9.91. The number of aryl methyl sites for hydroxylation is 1. The van der Waals surface area contributed by atoms with E-state index in [0.717, 1.165) is 12.8 Å². The molecule has 118 valence electrons. The summed E-state index contributed by atoms with van der Waals surface area (Å²) in [5.41, 5.74) is 6.14. The van der Waals surface area contributed by atoms with E-state index in [0.29, 0.717) is 24.9 Å². The van der Waals surface area contributed by atoms with E-state index >= 15 is 0 Å². The van der Waals surface area contributed by atoms with Crippen LogP contribution >= 0.6 is 0 Å². The van der Waals surface area contributed by atoms with Crippen LogP contribution in [0.1, 0.15) is 45.6 Å². The number of nitrogens with one attached hydrogen (secondary N) is 1. The molecule has 0 bridgehead atoms. The average Bonchev–Trinajstić information content (AvgIpc) is 2.51. The standard InChI is InChI=1S/C17H27FN2O/c1-4-17(5-2,12-19)20-16(21)13(3)10-11-14-8-6-7-9-15(14)18/h6-9,13H,4-5,10-12,19H2,1-3H3,(H,20,21). The number of hydrogen-bond donors (Lipinski definition) is 2. The summed E-state index contributed by atoms with van der Waals surface area (Å²) in [7, 11) is 0. The minimum absolute atomic E-state index is 0.000453. The van der Waals surface area contributed by atoms with Crippen molar-refractivity contribution in [2.75, 3.05) is 6.54 Å². The number of nitrogens with two attached hydrogens (primary N) is 1. The smallest absolute Gasteiger partial charge is 0.223 e. The first kappa shape index (κ1) is 17.6. The molecule has 0 aromatic heterocycles. The second-order valence-electron chi connectivity index (χ2n) is 5.71. The third-order valence-corrected chi connectivity index (χ3v) is 4.38. The molecule has 0 aliphatic heterocycles. The molecular formula is C17H27FN2O. The molecule has 1 aromatic carbocycles. The summed E-state index contributed by atoms with van der Waals surface area (Å²) in [6.07, 6.45) is 2.81. The molecule has 3 N–H and O–H groups in total. The summed E-state index contributed by atoms with van der Waals surface area (Å²) in [4.78, 5) is 12.3. The largest absolute Gasteiger partial charge is 0.349 e. The van der Waals surface area contributed by atoms with Crippen LogP contribution in [-0.4, -0.2) is 18.0 Å². The highest BCUT2D eigenvalue weighted by atomic mass is 19.1. The number of hydrogen-bond acceptors (Lipinski definition) is 2. The molecule has 3 nitrogen and oxygen atoms in total. The zero-order valence-electron chi connectivity index (χ0n) is 13.3. The Bertz CT molecular complexity index is 450. The Hall–Kier alpha value is -1.42. The predicted molar refractivity (Wildman–Crippen MR) is 84.4 cm³/mol. The maximum Gasteiger partial charge on any atom is 0.223 e. The summed E-state index contributed by atoms with van der Waals surface area (Å²) in [5, 5.41) is 3.07. The van der Waals surface area contributed by atoms with Crippen molar-refractivity contribution in [1.29, 1.82) is 0 Å². The first-order chi connectivity index (χ1) is 9.98. The van der Waals surface area contributed by atoms with Gasteiger partial charge in [0, 0.05) is 12.5 Å². The monoisotopic (exact) mass is 294 g/mol. The maximum atomic E-state index is 13.6. The summed E-state index contributed by atoms with van der Waals surface area (Å²) in [6.45, 7) is 6.37. The van der Waals surface area contributed by atoms with Gasteiger partial charge in [-0.05, 0) is 37.3 Å². The van der Waals surface area contributed by atoms with E-state index in [1.54, 1.807) is 12.1 Å². The van der Waals surface area contributed by atoms with Gasteiger partial charge < -0.3 is 11.1 Å². The SMILES string of the molecule is CCC(CC)(CN)NC(=O)C(C)CCc1ccccc1F. The van der Waals surface area contributed by atoms with Gasteiger partial charge in [-0.3, -0.25) is 4.79 Å². The number of rotatable bonds is 8. The molecule has 4 heteroatoms. The average molecular weight is 294 g/mol. The van der Waals surface area contributed by atoms with Crippen molar-refractivity contribution in [3.8, 4) is 0 Å².